The van der Waals surface area contributed by atoms with Gasteiger partial charge in [0.05, 0.1) is 6.61 Å². The summed E-state index contributed by atoms with van der Waals surface area (Å²) in [7, 11) is 0. The molecule has 0 aliphatic carbocycles. The highest BCUT2D eigenvalue weighted by molar-refractivity contribution is 5.75. The second kappa shape index (κ2) is 8.72. The second-order valence-corrected chi connectivity index (χ2v) is 5.14. The van der Waals surface area contributed by atoms with E-state index in [1.807, 2.05) is 24.3 Å². The number of rotatable bonds is 8. The molecule has 0 saturated carbocycles. The van der Waals surface area contributed by atoms with Gasteiger partial charge in [-0.1, -0.05) is 42.5 Å². The molecule has 0 unspecified atom stereocenters. The summed E-state index contributed by atoms with van der Waals surface area (Å²) in [6, 6.07) is 18.5. The minimum Gasteiger partial charge on any atom is -0.494 e. The molecule has 0 aromatic heterocycles. The van der Waals surface area contributed by atoms with E-state index in [4.69, 9.17) is 16.2 Å². The van der Waals surface area contributed by atoms with Crippen LogP contribution in [0.25, 0.3) is 0 Å². The number of benzene rings is 2. The molecule has 0 heterocycles. The molecule has 0 aliphatic rings. The predicted octanol–water partition coefficient (Wildman–Crippen LogP) is 2.51. The number of nitrogens with zero attached hydrogens (tertiary/aromatic N) is 1. The minimum atomic E-state index is 0.133. The number of aliphatic imine (C=N–C) groups is 1. The van der Waals surface area contributed by atoms with Gasteiger partial charge in [-0.25, -0.2) is 0 Å². The zero-order chi connectivity index (χ0) is 15.6. The van der Waals surface area contributed by atoms with Crippen LogP contribution in [0.4, 0.5) is 0 Å². The summed E-state index contributed by atoms with van der Waals surface area (Å²) >= 11 is 0. The van der Waals surface area contributed by atoms with Crippen molar-refractivity contribution in [3.63, 3.8) is 0 Å². The lowest BCUT2D eigenvalue weighted by atomic mass is 10.1. The van der Waals surface area contributed by atoms with E-state index in [0.29, 0.717) is 13.2 Å². The van der Waals surface area contributed by atoms with Crippen molar-refractivity contribution in [1.82, 2.24) is 0 Å². The molecule has 0 bridgehead atoms. The summed E-state index contributed by atoms with van der Waals surface area (Å²) < 4.78 is 5.81. The summed E-state index contributed by atoms with van der Waals surface area (Å²) in [5.41, 5.74) is 13.2. The lowest BCUT2D eigenvalue weighted by molar-refractivity contribution is 0.311. The van der Waals surface area contributed by atoms with Crippen molar-refractivity contribution in [2.45, 2.75) is 19.3 Å². The van der Waals surface area contributed by atoms with E-state index < -0.39 is 0 Å². The third kappa shape index (κ3) is 5.87. The molecule has 4 nitrogen and oxygen atoms in total. The van der Waals surface area contributed by atoms with Crippen LogP contribution in [-0.4, -0.2) is 19.1 Å². The monoisotopic (exact) mass is 297 g/mol. The van der Waals surface area contributed by atoms with Crippen LogP contribution >= 0.6 is 0 Å². The molecule has 22 heavy (non-hydrogen) atoms. The standard InChI is InChI=1S/C18H23N3O/c19-18(20)21-12-11-16-8-4-10-17(14-16)22-13-5-9-15-6-2-1-3-7-15/h1-4,6-8,10,14H,5,9,11-13H2,(H4,19,20,21). The Morgan fingerprint density at radius 1 is 0.909 bits per heavy atom. The highest BCUT2D eigenvalue weighted by Crippen LogP contribution is 2.14. The van der Waals surface area contributed by atoms with Crippen molar-refractivity contribution in [2.75, 3.05) is 13.2 Å². The Balaban J connectivity index is 1.74. The number of nitrogens with two attached hydrogens (primary N) is 2. The van der Waals surface area contributed by atoms with Crippen LogP contribution in [0, 0.1) is 0 Å². The summed E-state index contributed by atoms with van der Waals surface area (Å²) in [5, 5.41) is 0. The molecule has 4 heteroatoms. The first-order chi connectivity index (χ1) is 10.7. The van der Waals surface area contributed by atoms with Gasteiger partial charge in [0.15, 0.2) is 5.96 Å². The maximum absolute atomic E-state index is 5.81. The summed E-state index contributed by atoms with van der Waals surface area (Å²) in [5.74, 6) is 1.03. The third-order valence-corrected chi connectivity index (χ3v) is 3.31. The van der Waals surface area contributed by atoms with Gasteiger partial charge >= 0.3 is 0 Å². The second-order valence-electron chi connectivity index (χ2n) is 5.14. The molecule has 0 atom stereocenters. The normalized spacial score (nSPS) is 10.2. The molecule has 116 valence electrons. The molecule has 2 aromatic carbocycles. The van der Waals surface area contributed by atoms with Crippen molar-refractivity contribution in [3.8, 4) is 5.75 Å². The first-order valence-corrected chi connectivity index (χ1v) is 7.55. The lowest BCUT2D eigenvalue weighted by Crippen LogP contribution is -2.23. The molecule has 2 rings (SSSR count). The molecular weight excluding hydrogens is 274 g/mol. The molecule has 4 N–H and O–H groups in total. The summed E-state index contributed by atoms with van der Waals surface area (Å²) in [6.07, 6.45) is 2.84. The van der Waals surface area contributed by atoms with Gasteiger partial charge in [-0.15, -0.1) is 0 Å². The van der Waals surface area contributed by atoms with Crippen molar-refractivity contribution >= 4 is 5.96 Å². The number of hydrogen-bond acceptors (Lipinski definition) is 2. The topological polar surface area (TPSA) is 73.6 Å². The third-order valence-electron chi connectivity index (χ3n) is 3.31. The lowest BCUT2D eigenvalue weighted by Gasteiger charge is -2.08. The van der Waals surface area contributed by atoms with Crippen LogP contribution in [0.15, 0.2) is 59.6 Å². The van der Waals surface area contributed by atoms with E-state index in [1.165, 1.54) is 11.1 Å². The van der Waals surface area contributed by atoms with Crippen LogP contribution in [0.1, 0.15) is 17.5 Å². The fraction of sp³-hybridized carbons (Fsp3) is 0.278. The van der Waals surface area contributed by atoms with E-state index >= 15 is 0 Å². The van der Waals surface area contributed by atoms with Crippen molar-refractivity contribution < 1.29 is 4.74 Å². The van der Waals surface area contributed by atoms with Crippen LogP contribution in [0.3, 0.4) is 0 Å². The van der Waals surface area contributed by atoms with E-state index in [2.05, 4.69) is 35.3 Å². The SMILES string of the molecule is NC(N)=NCCc1cccc(OCCCc2ccccc2)c1. The number of guanidine groups is 1. The van der Waals surface area contributed by atoms with Gasteiger partial charge < -0.3 is 16.2 Å². The number of aryl methyl sites for hydroxylation is 1. The van der Waals surface area contributed by atoms with Crippen molar-refractivity contribution in [3.05, 3.63) is 65.7 Å². The largest absolute Gasteiger partial charge is 0.494 e. The molecule has 0 radical (unpaired) electrons. The molecule has 0 fully saturated rings. The maximum Gasteiger partial charge on any atom is 0.185 e. The van der Waals surface area contributed by atoms with E-state index in [9.17, 15) is 0 Å². The van der Waals surface area contributed by atoms with E-state index in [-0.39, 0.29) is 5.96 Å². The Morgan fingerprint density at radius 3 is 2.45 bits per heavy atom. The van der Waals surface area contributed by atoms with Gasteiger partial charge in [0, 0.05) is 6.54 Å². The molecule has 0 aliphatic heterocycles. The van der Waals surface area contributed by atoms with E-state index in [1.54, 1.807) is 0 Å². The van der Waals surface area contributed by atoms with Gasteiger partial charge in [-0.2, -0.15) is 0 Å². The van der Waals surface area contributed by atoms with Crippen LogP contribution in [0.5, 0.6) is 5.75 Å². The van der Waals surface area contributed by atoms with Crippen LogP contribution in [-0.2, 0) is 12.8 Å². The predicted molar refractivity (Wildman–Crippen MR) is 91.1 cm³/mol. The van der Waals surface area contributed by atoms with Gasteiger partial charge in [0.25, 0.3) is 0 Å². The molecular formula is C18H23N3O. The highest BCUT2D eigenvalue weighted by atomic mass is 16.5. The molecule has 2 aromatic rings. The van der Waals surface area contributed by atoms with Crippen LogP contribution in [0.2, 0.25) is 0 Å². The quantitative estimate of drug-likeness (QED) is 0.447. The summed E-state index contributed by atoms with van der Waals surface area (Å²) in [6.45, 7) is 1.31. The zero-order valence-electron chi connectivity index (χ0n) is 12.7. The van der Waals surface area contributed by atoms with Crippen molar-refractivity contribution in [1.29, 1.82) is 0 Å². The van der Waals surface area contributed by atoms with Gasteiger partial charge in [0.1, 0.15) is 5.75 Å². The Morgan fingerprint density at radius 2 is 1.68 bits per heavy atom. The molecule has 0 amide bonds. The average Bonchev–Trinajstić information content (AvgIpc) is 2.53. The molecule has 0 spiro atoms. The fourth-order valence-corrected chi connectivity index (χ4v) is 2.22. The van der Waals surface area contributed by atoms with Gasteiger partial charge in [-0.05, 0) is 42.5 Å². The average molecular weight is 297 g/mol. The Bertz CT molecular complexity index is 592. The fourth-order valence-electron chi connectivity index (χ4n) is 2.22. The van der Waals surface area contributed by atoms with Gasteiger partial charge in [-0.3, -0.25) is 4.99 Å². The Labute approximate surface area is 131 Å². The maximum atomic E-state index is 5.81. The van der Waals surface area contributed by atoms with Gasteiger partial charge in [0.2, 0.25) is 0 Å². The first kappa shape index (κ1) is 15.9. The Hall–Kier alpha value is -2.49. The summed E-state index contributed by atoms with van der Waals surface area (Å²) in [4.78, 5) is 3.99. The smallest absolute Gasteiger partial charge is 0.185 e. The Kier molecular flexibility index (Phi) is 6.30. The first-order valence-electron chi connectivity index (χ1n) is 7.55. The van der Waals surface area contributed by atoms with Crippen LogP contribution < -0.4 is 16.2 Å². The number of ether oxygens (including phenoxy) is 1. The number of hydrogen-bond donors (Lipinski definition) is 2. The van der Waals surface area contributed by atoms with E-state index in [0.717, 1.165) is 25.0 Å². The highest BCUT2D eigenvalue weighted by Gasteiger charge is 1.98. The molecule has 0 saturated heterocycles. The minimum absolute atomic E-state index is 0.133. The van der Waals surface area contributed by atoms with Crippen molar-refractivity contribution in [2.24, 2.45) is 16.5 Å². The zero-order valence-corrected chi connectivity index (χ0v) is 12.7.